The third-order valence-electron chi connectivity index (χ3n) is 6.54. The number of rotatable bonds is 5. The first-order valence-corrected chi connectivity index (χ1v) is 10.8. The summed E-state index contributed by atoms with van der Waals surface area (Å²) in [5.74, 6) is 1.13. The molecule has 1 saturated carbocycles. The molecule has 148 valence electrons. The summed E-state index contributed by atoms with van der Waals surface area (Å²) in [6.07, 6.45) is 5.90. The minimum absolute atomic E-state index is 0.0408. The predicted molar refractivity (Wildman–Crippen MR) is 108 cm³/mol. The lowest BCUT2D eigenvalue weighted by Gasteiger charge is -2.36. The molecule has 1 unspecified atom stereocenters. The van der Waals surface area contributed by atoms with Crippen LogP contribution in [0.4, 0.5) is 0 Å². The predicted octanol–water partition coefficient (Wildman–Crippen LogP) is 3.15. The van der Waals surface area contributed by atoms with Gasteiger partial charge in [0.05, 0.1) is 18.4 Å². The fourth-order valence-corrected chi connectivity index (χ4v) is 4.65. The highest BCUT2D eigenvalue weighted by molar-refractivity contribution is 5.31. The number of fused-ring (bicyclic) bond motifs is 1. The van der Waals surface area contributed by atoms with Crippen LogP contribution >= 0.6 is 0 Å². The molecule has 3 aliphatic rings. The van der Waals surface area contributed by atoms with E-state index in [-0.39, 0.29) is 11.7 Å². The van der Waals surface area contributed by atoms with Crippen molar-refractivity contribution in [1.82, 2.24) is 14.7 Å². The van der Waals surface area contributed by atoms with Crippen molar-refractivity contribution in [3.05, 3.63) is 63.6 Å². The molecule has 0 amide bonds. The summed E-state index contributed by atoms with van der Waals surface area (Å²) in [5.41, 5.74) is 3.95. The van der Waals surface area contributed by atoms with Crippen molar-refractivity contribution in [3.63, 3.8) is 0 Å². The molecular formula is C23H29N3O2. The van der Waals surface area contributed by atoms with E-state index in [0.29, 0.717) is 11.8 Å². The summed E-state index contributed by atoms with van der Waals surface area (Å²) in [7, 11) is 0. The third-order valence-corrected chi connectivity index (χ3v) is 6.54. The number of ether oxygens (including phenoxy) is 1. The van der Waals surface area contributed by atoms with Crippen molar-refractivity contribution in [2.45, 2.75) is 50.7 Å². The lowest BCUT2D eigenvalue weighted by molar-refractivity contribution is 0.00781. The molecule has 5 heteroatoms. The molecule has 1 saturated heterocycles. The second-order valence-corrected chi connectivity index (χ2v) is 8.61. The van der Waals surface area contributed by atoms with E-state index in [9.17, 15) is 4.79 Å². The molecule has 2 aromatic rings. The van der Waals surface area contributed by atoms with Crippen molar-refractivity contribution in [2.24, 2.45) is 5.92 Å². The van der Waals surface area contributed by atoms with Gasteiger partial charge in [0.15, 0.2) is 0 Å². The first-order valence-electron chi connectivity index (χ1n) is 10.8. The van der Waals surface area contributed by atoms with Crippen LogP contribution in [0.15, 0.2) is 41.2 Å². The standard InChI is InChI=1S/C23H29N3O2/c27-23-8-7-21(19-5-6-19)24-26(23)15-17-9-12-25(13-10-17)16-22-20-4-2-1-3-18(20)11-14-28-22/h1-4,7-8,17,19,22H,5-6,9-16H2. The third kappa shape index (κ3) is 3.91. The zero-order valence-electron chi connectivity index (χ0n) is 16.4. The van der Waals surface area contributed by atoms with Crippen LogP contribution in [-0.4, -0.2) is 40.9 Å². The fourth-order valence-electron chi connectivity index (χ4n) is 4.65. The number of hydrogen-bond acceptors (Lipinski definition) is 4. The molecule has 28 heavy (non-hydrogen) atoms. The molecule has 1 aromatic carbocycles. The largest absolute Gasteiger partial charge is 0.372 e. The van der Waals surface area contributed by atoms with E-state index in [1.165, 1.54) is 24.0 Å². The zero-order chi connectivity index (χ0) is 18.9. The van der Waals surface area contributed by atoms with Crippen LogP contribution < -0.4 is 5.56 Å². The molecule has 5 nitrogen and oxygen atoms in total. The van der Waals surface area contributed by atoms with Crippen LogP contribution in [0.1, 0.15) is 54.5 Å². The van der Waals surface area contributed by atoms with Crippen molar-refractivity contribution >= 4 is 0 Å². The van der Waals surface area contributed by atoms with E-state index < -0.39 is 0 Å². The van der Waals surface area contributed by atoms with Crippen molar-refractivity contribution < 1.29 is 4.74 Å². The number of hydrogen-bond donors (Lipinski definition) is 0. The fraction of sp³-hybridized carbons (Fsp3) is 0.565. The van der Waals surface area contributed by atoms with Gasteiger partial charge in [-0.1, -0.05) is 24.3 Å². The number of piperidine rings is 1. The number of likely N-dealkylation sites (tertiary alicyclic amines) is 1. The molecule has 3 heterocycles. The number of benzene rings is 1. The van der Waals surface area contributed by atoms with Crippen LogP contribution in [0.5, 0.6) is 0 Å². The van der Waals surface area contributed by atoms with Gasteiger partial charge in [-0.2, -0.15) is 5.10 Å². The molecule has 2 fully saturated rings. The Bertz CT molecular complexity index is 881. The summed E-state index contributed by atoms with van der Waals surface area (Å²) >= 11 is 0. The van der Waals surface area contributed by atoms with Crippen LogP contribution in [0.25, 0.3) is 0 Å². The Morgan fingerprint density at radius 3 is 2.64 bits per heavy atom. The molecule has 1 atom stereocenters. The maximum Gasteiger partial charge on any atom is 0.266 e. The maximum absolute atomic E-state index is 12.2. The Hall–Kier alpha value is -1.98. The van der Waals surface area contributed by atoms with E-state index in [1.807, 2.05) is 6.07 Å². The van der Waals surface area contributed by atoms with E-state index >= 15 is 0 Å². The Labute approximate surface area is 166 Å². The van der Waals surface area contributed by atoms with Gasteiger partial charge in [0, 0.05) is 25.1 Å². The van der Waals surface area contributed by atoms with E-state index in [0.717, 1.165) is 57.7 Å². The average molecular weight is 380 g/mol. The number of nitrogens with zero attached hydrogens (tertiary/aromatic N) is 3. The van der Waals surface area contributed by atoms with Gasteiger partial charge in [0.2, 0.25) is 0 Å². The highest BCUT2D eigenvalue weighted by Gasteiger charge is 2.28. The van der Waals surface area contributed by atoms with Gasteiger partial charge in [-0.25, -0.2) is 4.68 Å². The summed E-state index contributed by atoms with van der Waals surface area (Å²) in [6.45, 7) is 4.70. The van der Waals surface area contributed by atoms with Gasteiger partial charge >= 0.3 is 0 Å². The molecule has 0 N–H and O–H groups in total. The van der Waals surface area contributed by atoms with Crippen LogP contribution in [0.2, 0.25) is 0 Å². The smallest absolute Gasteiger partial charge is 0.266 e. The molecule has 1 aromatic heterocycles. The van der Waals surface area contributed by atoms with Gasteiger partial charge in [0.1, 0.15) is 0 Å². The summed E-state index contributed by atoms with van der Waals surface area (Å²) in [6, 6.07) is 12.3. The molecule has 2 aliphatic heterocycles. The van der Waals surface area contributed by atoms with E-state index in [1.54, 1.807) is 10.7 Å². The van der Waals surface area contributed by atoms with Crippen molar-refractivity contribution in [2.75, 3.05) is 26.2 Å². The normalized spacial score (nSPS) is 23.5. The second kappa shape index (κ2) is 7.80. The van der Waals surface area contributed by atoms with Crippen molar-refractivity contribution in [1.29, 1.82) is 0 Å². The Morgan fingerprint density at radius 2 is 1.82 bits per heavy atom. The number of aromatic nitrogens is 2. The minimum Gasteiger partial charge on any atom is -0.372 e. The molecule has 5 rings (SSSR count). The van der Waals surface area contributed by atoms with Gasteiger partial charge < -0.3 is 9.64 Å². The highest BCUT2D eigenvalue weighted by Crippen LogP contribution is 2.38. The van der Waals surface area contributed by atoms with Gasteiger partial charge in [0.25, 0.3) is 5.56 Å². The summed E-state index contributed by atoms with van der Waals surface area (Å²) in [5, 5.41) is 4.64. The molecule has 0 bridgehead atoms. The Balaban J connectivity index is 1.17. The molecule has 1 aliphatic carbocycles. The first kappa shape index (κ1) is 18.1. The topological polar surface area (TPSA) is 47.4 Å². The second-order valence-electron chi connectivity index (χ2n) is 8.61. The monoisotopic (exact) mass is 379 g/mol. The highest BCUT2D eigenvalue weighted by atomic mass is 16.5. The average Bonchev–Trinajstić information content (AvgIpc) is 3.57. The van der Waals surface area contributed by atoms with Gasteiger partial charge in [-0.05, 0) is 68.3 Å². The van der Waals surface area contributed by atoms with Crippen LogP contribution in [0.3, 0.4) is 0 Å². The van der Waals surface area contributed by atoms with E-state index in [4.69, 9.17) is 4.74 Å². The Morgan fingerprint density at radius 1 is 1.00 bits per heavy atom. The first-order chi connectivity index (χ1) is 13.8. The van der Waals surface area contributed by atoms with Crippen LogP contribution in [-0.2, 0) is 17.7 Å². The molecular weight excluding hydrogens is 350 g/mol. The Kier molecular flexibility index (Phi) is 5.03. The molecule has 0 spiro atoms. The summed E-state index contributed by atoms with van der Waals surface area (Å²) < 4.78 is 7.81. The van der Waals surface area contributed by atoms with Crippen LogP contribution in [0, 0.1) is 5.92 Å². The lowest BCUT2D eigenvalue weighted by atomic mass is 9.94. The molecule has 0 radical (unpaired) electrons. The van der Waals surface area contributed by atoms with Gasteiger partial charge in [-0.3, -0.25) is 4.79 Å². The summed E-state index contributed by atoms with van der Waals surface area (Å²) in [4.78, 5) is 14.7. The minimum atomic E-state index is 0.0408. The zero-order valence-corrected chi connectivity index (χ0v) is 16.4. The quantitative estimate of drug-likeness (QED) is 0.801. The lowest BCUT2D eigenvalue weighted by Crippen LogP contribution is -2.40. The van der Waals surface area contributed by atoms with Crippen molar-refractivity contribution in [3.8, 4) is 0 Å². The SMILES string of the molecule is O=c1ccc(C2CC2)nn1CC1CCN(CC2OCCc3ccccc32)CC1. The van der Waals surface area contributed by atoms with Gasteiger partial charge in [-0.15, -0.1) is 0 Å². The van der Waals surface area contributed by atoms with E-state index in [2.05, 4.69) is 34.3 Å². The maximum atomic E-state index is 12.2.